The third kappa shape index (κ3) is 7.12. The molecule has 0 fully saturated rings. The highest BCUT2D eigenvalue weighted by Crippen LogP contribution is 2.22. The molecule has 1 rings (SSSR count). The molecule has 0 aliphatic rings. The fourth-order valence-electron chi connectivity index (χ4n) is 1.33. The molecule has 0 aliphatic heterocycles. The van der Waals surface area contributed by atoms with Gasteiger partial charge in [-0.05, 0) is 37.6 Å². The van der Waals surface area contributed by atoms with Gasteiger partial charge in [-0.15, -0.1) is 12.4 Å². The first-order valence-corrected chi connectivity index (χ1v) is 6.22. The van der Waals surface area contributed by atoms with E-state index in [1.807, 2.05) is 25.1 Å². The Kier molecular flexibility index (Phi) is 9.99. The largest absolute Gasteiger partial charge is 0.382 e. The van der Waals surface area contributed by atoms with Crippen molar-refractivity contribution in [2.45, 2.75) is 19.9 Å². The zero-order valence-electron chi connectivity index (χ0n) is 9.84. The zero-order valence-corrected chi connectivity index (χ0v) is 12.2. The van der Waals surface area contributed by atoms with Gasteiger partial charge in [-0.2, -0.15) is 0 Å². The van der Waals surface area contributed by atoms with Gasteiger partial charge in [0, 0.05) is 19.8 Å². The molecule has 0 saturated carbocycles. The van der Waals surface area contributed by atoms with Crippen LogP contribution in [0.3, 0.4) is 0 Å². The van der Waals surface area contributed by atoms with Crippen molar-refractivity contribution in [1.29, 1.82) is 0 Å². The second-order valence-electron chi connectivity index (χ2n) is 3.48. The van der Waals surface area contributed by atoms with Crippen LogP contribution in [0.5, 0.6) is 0 Å². The molecule has 0 bridgehead atoms. The number of ether oxygens (including phenoxy) is 1. The van der Waals surface area contributed by atoms with Gasteiger partial charge in [0.1, 0.15) is 0 Å². The van der Waals surface area contributed by atoms with Crippen molar-refractivity contribution in [3.63, 3.8) is 0 Å². The Morgan fingerprint density at radius 3 is 2.65 bits per heavy atom. The molecule has 0 aromatic heterocycles. The van der Waals surface area contributed by atoms with Crippen LogP contribution < -0.4 is 5.32 Å². The van der Waals surface area contributed by atoms with Crippen molar-refractivity contribution in [3.05, 3.63) is 33.8 Å². The Hall–Kier alpha value is 0.01000. The Morgan fingerprint density at radius 1 is 1.24 bits per heavy atom. The Labute approximate surface area is 119 Å². The van der Waals surface area contributed by atoms with E-state index in [4.69, 9.17) is 27.9 Å². The van der Waals surface area contributed by atoms with E-state index in [1.54, 1.807) is 0 Å². The second-order valence-corrected chi connectivity index (χ2v) is 4.29. The summed E-state index contributed by atoms with van der Waals surface area (Å²) < 4.78 is 5.24. The Morgan fingerprint density at radius 2 is 2.00 bits per heavy atom. The molecule has 1 aromatic rings. The third-order valence-corrected chi connectivity index (χ3v) is 2.90. The van der Waals surface area contributed by atoms with E-state index in [1.165, 1.54) is 0 Å². The molecule has 0 amide bonds. The molecule has 0 atom stereocenters. The third-order valence-electron chi connectivity index (χ3n) is 2.16. The molecule has 1 aromatic carbocycles. The van der Waals surface area contributed by atoms with Crippen molar-refractivity contribution in [2.24, 2.45) is 0 Å². The van der Waals surface area contributed by atoms with Gasteiger partial charge in [0.2, 0.25) is 0 Å². The smallest absolute Gasteiger partial charge is 0.0595 e. The molecular weight excluding hydrogens is 280 g/mol. The minimum Gasteiger partial charge on any atom is -0.382 e. The van der Waals surface area contributed by atoms with Crippen LogP contribution in [0, 0.1) is 0 Å². The fourth-order valence-corrected chi connectivity index (χ4v) is 1.65. The number of nitrogens with one attached hydrogen (secondary N) is 1. The monoisotopic (exact) mass is 297 g/mol. The van der Waals surface area contributed by atoms with Crippen molar-refractivity contribution in [2.75, 3.05) is 19.8 Å². The van der Waals surface area contributed by atoms with E-state index in [9.17, 15) is 0 Å². The summed E-state index contributed by atoms with van der Waals surface area (Å²) in [6.45, 7) is 5.35. The maximum atomic E-state index is 5.92. The van der Waals surface area contributed by atoms with E-state index in [-0.39, 0.29) is 12.4 Å². The maximum absolute atomic E-state index is 5.92. The quantitative estimate of drug-likeness (QED) is 0.770. The molecule has 1 N–H and O–H groups in total. The highest BCUT2D eigenvalue weighted by molar-refractivity contribution is 6.42. The van der Waals surface area contributed by atoms with Crippen molar-refractivity contribution >= 4 is 35.6 Å². The van der Waals surface area contributed by atoms with E-state index in [2.05, 4.69) is 5.32 Å². The molecule has 17 heavy (non-hydrogen) atoms. The first kappa shape index (κ1) is 17.0. The SMILES string of the molecule is CCOCCCNCc1ccc(Cl)c(Cl)c1.Cl. The molecule has 0 heterocycles. The Balaban J connectivity index is 0.00000256. The van der Waals surface area contributed by atoms with Gasteiger partial charge in [-0.1, -0.05) is 29.3 Å². The second kappa shape index (κ2) is 9.98. The van der Waals surface area contributed by atoms with Crippen molar-refractivity contribution in [1.82, 2.24) is 5.32 Å². The van der Waals surface area contributed by atoms with Crippen LogP contribution in [0.1, 0.15) is 18.9 Å². The van der Waals surface area contributed by atoms with Gasteiger partial charge in [-0.3, -0.25) is 0 Å². The molecule has 0 spiro atoms. The van der Waals surface area contributed by atoms with Crippen LogP contribution in [-0.2, 0) is 11.3 Å². The average molecular weight is 299 g/mol. The van der Waals surface area contributed by atoms with Gasteiger partial charge in [0.05, 0.1) is 10.0 Å². The number of hydrogen-bond donors (Lipinski definition) is 1. The zero-order chi connectivity index (χ0) is 11.8. The van der Waals surface area contributed by atoms with Crippen molar-refractivity contribution in [3.8, 4) is 0 Å². The lowest BCUT2D eigenvalue weighted by Crippen LogP contribution is -2.16. The number of hydrogen-bond acceptors (Lipinski definition) is 2. The molecule has 0 unspecified atom stereocenters. The number of benzene rings is 1. The van der Waals surface area contributed by atoms with Gasteiger partial charge >= 0.3 is 0 Å². The normalized spacial score (nSPS) is 10.1. The first-order chi connectivity index (χ1) is 7.74. The van der Waals surface area contributed by atoms with E-state index < -0.39 is 0 Å². The van der Waals surface area contributed by atoms with E-state index in [0.717, 1.165) is 38.3 Å². The summed E-state index contributed by atoms with van der Waals surface area (Å²) in [6.07, 6.45) is 1.02. The van der Waals surface area contributed by atoms with E-state index >= 15 is 0 Å². The first-order valence-electron chi connectivity index (χ1n) is 5.46. The molecule has 0 aliphatic carbocycles. The van der Waals surface area contributed by atoms with Gasteiger partial charge in [0.15, 0.2) is 0 Å². The summed E-state index contributed by atoms with van der Waals surface area (Å²) >= 11 is 11.7. The van der Waals surface area contributed by atoms with Crippen LogP contribution in [0.2, 0.25) is 10.0 Å². The predicted octanol–water partition coefficient (Wildman–Crippen LogP) is 3.93. The van der Waals surface area contributed by atoms with Crippen molar-refractivity contribution < 1.29 is 4.74 Å². The predicted molar refractivity (Wildman–Crippen MR) is 76.5 cm³/mol. The maximum Gasteiger partial charge on any atom is 0.0595 e. The van der Waals surface area contributed by atoms with E-state index in [0.29, 0.717) is 10.0 Å². The summed E-state index contributed by atoms with van der Waals surface area (Å²) in [5, 5.41) is 4.53. The highest BCUT2D eigenvalue weighted by atomic mass is 35.5. The highest BCUT2D eigenvalue weighted by Gasteiger charge is 1.98. The Bertz CT molecular complexity index is 321. The molecule has 2 nitrogen and oxygen atoms in total. The van der Waals surface area contributed by atoms with Crippen LogP contribution in [-0.4, -0.2) is 19.8 Å². The molecule has 5 heteroatoms. The number of halogens is 3. The topological polar surface area (TPSA) is 21.3 Å². The fraction of sp³-hybridized carbons (Fsp3) is 0.500. The van der Waals surface area contributed by atoms with Gasteiger partial charge < -0.3 is 10.1 Å². The van der Waals surface area contributed by atoms with Gasteiger partial charge in [-0.25, -0.2) is 0 Å². The standard InChI is InChI=1S/C12H17Cl2NO.ClH/c1-2-16-7-3-6-15-9-10-4-5-11(13)12(14)8-10;/h4-5,8,15H,2-3,6-7,9H2,1H3;1H. The molecule has 0 radical (unpaired) electrons. The summed E-state index contributed by atoms with van der Waals surface area (Å²) in [6, 6.07) is 5.68. The lowest BCUT2D eigenvalue weighted by Gasteiger charge is -2.06. The minimum absolute atomic E-state index is 0. The number of rotatable bonds is 7. The van der Waals surface area contributed by atoms with Gasteiger partial charge in [0.25, 0.3) is 0 Å². The molecule has 0 saturated heterocycles. The lowest BCUT2D eigenvalue weighted by atomic mass is 10.2. The van der Waals surface area contributed by atoms with Crippen LogP contribution in [0.25, 0.3) is 0 Å². The van der Waals surface area contributed by atoms with Crippen LogP contribution in [0.15, 0.2) is 18.2 Å². The summed E-state index contributed by atoms with van der Waals surface area (Å²) in [4.78, 5) is 0. The average Bonchev–Trinajstić information content (AvgIpc) is 2.28. The summed E-state index contributed by atoms with van der Waals surface area (Å²) in [5.74, 6) is 0. The summed E-state index contributed by atoms with van der Waals surface area (Å²) in [7, 11) is 0. The minimum atomic E-state index is 0. The van der Waals surface area contributed by atoms with Crippen LogP contribution in [0.4, 0.5) is 0 Å². The van der Waals surface area contributed by atoms with Crippen LogP contribution >= 0.6 is 35.6 Å². The molecule has 98 valence electrons. The molecular formula is C12H18Cl3NO. The summed E-state index contributed by atoms with van der Waals surface area (Å²) in [5.41, 5.74) is 1.14. The lowest BCUT2D eigenvalue weighted by molar-refractivity contribution is 0.144.